The van der Waals surface area contributed by atoms with E-state index in [2.05, 4.69) is 15.3 Å². The number of hydrogen-bond donors (Lipinski definition) is 2. The molecule has 0 bridgehead atoms. The molecule has 4 aromatic rings. The average molecular weight is 420 g/mol. The van der Waals surface area contributed by atoms with E-state index in [4.69, 9.17) is 4.74 Å². The molecule has 0 aliphatic heterocycles. The molecule has 7 heteroatoms. The molecular weight excluding hydrogens is 398 g/mol. The van der Waals surface area contributed by atoms with Gasteiger partial charge in [-0.2, -0.15) is 0 Å². The quantitative estimate of drug-likeness (QED) is 0.435. The van der Waals surface area contributed by atoms with Crippen LogP contribution < -0.4 is 5.32 Å². The summed E-state index contributed by atoms with van der Waals surface area (Å²) in [6.07, 6.45) is 2.21. The fourth-order valence-corrected chi connectivity index (χ4v) is 3.96. The van der Waals surface area contributed by atoms with Gasteiger partial charge in [0.05, 0.1) is 18.5 Å². The van der Waals surface area contributed by atoms with E-state index in [0.29, 0.717) is 10.7 Å². The van der Waals surface area contributed by atoms with Crippen LogP contribution in [0.2, 0.25) is 0 Å². The number of rotatable bonds is 7. The predicted molar refractivity (Wildman–Crippen MR) is 117 cm³/mol. The monoisotopic (exact) mass is 419 g/mol. The molecule has 0 aliphatic carbocycles. The Labute approximate surface area is 177 Å². The lowest BCUT2D eigenvalue weighted by Crippen LogP contribution is -2.15. The van der Waals surface area contributed by atoms with Crippen molar-refractivity contribution in [3.05, 3.63) is 81.9 Å². The number of hydrogen-bond acceptors (Lipinski definition) is 5. The lowest BCUT2D eigenvalue weighted by atomic mass is 10.1. The topological polar surface area (TPSA) is 84.1 Å². The van der Waals surface area contributed by atoms with Crippen LogP contribution in [0.1, 0.15) is 21.8 Å². The smallest absolute Gasteiger partial charge is 0.310 e. The largest absolute Gasteiger partial charge is 0.459 e. The third-order valence-electron chi connectivity index (χ3n) is 4.72. The van der Waals surface area contributed by atoms with Crippen molar-refractivity contribution in [2.24, 2.45) is 0 Å². The second-order valence-corrected chi connectivity index (χ2v) is 7.91. The van der Waals surface area contributed by atoms with Crippen LogP contribution in [-0.2, 0) is 33.8 Å². The molecule has 0 aliphatic rings. The summed E-state index contributed by atoms with van der Waals surface area (Å²) in [7, 11) is 0. The van der Waals surface area contributed by atoms with E-state index in [9.17, 15) is 9.59 Å². The summed E-state index contributed by atoms with van der Waals surface area (Å²) in [6, 6.07) is 15.5. The van der Waals surface area contributed by atoms with Crippen molar-refractivity contribution in [1.82, 2.24) is 9.97 Å². The molecule has 2 aromatic heterocycles. The molecule has 6 nitrogen and oxygen atoms in total. The van der Waals surface area contributed by atoms with E-state index in [1.165, 1.54) is 11.3 Å². The maximum absolute atomic E-state index is 12.3. The Morgan fingerprint density at radius 2 is 1.90 bits per heavy atom. The number of aromatic amines is 1. The highest BCUT2D eigenvalue weighted by Crippen LogP contribution is 2.19. The Kier molecular flexibility index (Phi) is 5.90. The zero-order valence-electron chi connectivity index (χ0n) is 16.5. The predicted octanol–water partition coefficient (Wildman–Crippen LogP) is 4.40. The number of para-hydroxylation sites is 2. The van der Waals surface area contributed by atoms with Crippen LogP contribution >= 0.6 is 11.3 Å². The number of carbonyl (C=O) groups excluding carboxylic acids is 2. The fourth-order valence-electron chi connectivity index (χ4n) is 3.18. The normalized spacial score (nSPS) is 10.8. The van der Waals surface area contributed by atoms with Crippen molar-refractivity contribution < 1.29 is 14.3 Å². The summed E-state index contributed by atoms with van der Waals surface area (Å²) >= 11 is 1.38. The molecule has 0 fully saturated rings. The van der Waals surface area contributed by atoms with Crippen LogP contribution in [0.5, 0.6) is 0 Å². The Bertz CT molecular complexity index is 1200. The number of esters is 1. The number of aryl methyl sites for hydroxylation is 1. The van der Waals surface area contributed by atoms with E-state index in [1.54, 1.807) is 0 Å². The molecular formula is C23H21N3O3S. The minimum absolute atomic E-state index is 0.0943. The maximum atomic E-state index is 12.3. The summed E-state index contributed by atoms with van der Waals surface area (Å²) in [5, 5.41) is 6.41. The number of aromatic nitrogens is 2. The summed E-state index contributed by atoms with van der Waals surface area (Å²) < 4.78 is 5.37. The number of ether oxygens (including phenoxy) is 1. The van der Waals surface area contributed by atoms with Crippen LogP contribution in [0, 0.1) is 6.92 Å². The number of fused-ring (bicyclic) bond motifs is 1. The average Bonchev–Trinajstić information content (AvgIpc) is 3.35. The van der Waals surface area contributed by atoms with Gasteiger partial charge in [-0.1, -0.05) is 36.4 Å². The van der Waals surface area contributed by atoms with Gasteiger partial charge in [0.1, 0.15) is 11.6 Å². The van der Waals surface area contributed by atoms with Crippen molar-refractivity contribution >= 4 is 39.8 Å². The van der Waals surface area contributed by atoms with Gasteiger partial charge >= 0.3 is 5.97 Å². The molecule has 152 valence electrons. The second kappa shape index (κ2) is 8.92. The molecule has 2 N–H and O–H groups in total. The molecule has 0 spiro atoms. The summed E-state index contributed by atoms with van der Waals surface area (Å²) in [5.74, 6) is -0.437. The van der Waals surface area contributed by atoms with Gasteiger partial charge in [0.2, 0.25) is 5.91 Å². The molecule has 0 radical (unpaired) electrons. The first-order valence-electron chi connectivity index (χ1n) is 9.58. The molecule has 0 saturated carbocycles. The van der Waals surface area contributed by atoms with E-state index in [0.717, 1.165) is 27.7 Å². The van der Waals surface area contributed by atoms with Crippen molar-refractivity contribution in [2.75, 3.05) is 5.32 Å². The molecule has 2 aromatic carbocycles. The lowest BCUT2D eigenvalue weighted by Gasteiger charge is -2.06. The first kappa shape index (κ1) is 19.8. The highest BCUT2D eigenvalue weighted by atomic mass is 32.1. The van der Waals surface area contributed by atoms with Crippen molar-refractivity contribution in [1.29, 1.82) is 0 Å². The fraction of sp³-hybridized carbons (Fsp3) is 0.174. The number of anilines is 1. The number of thiazole rings is 1. The van der Waals surface area contributed by atoms with Crippen LogP contribution in [-0.4, -0.2) is 21.8 Å². The Hall–Kier alpha value is -3.45. The third-order valence-corrected chi connectivity index (χ3v) is 5.62. The number of amides is 1. The number of H-pyrrole nitrogens is 1. The summed E-state index contributed by atoms with van der Waals surface area (Å²) in [6.45, 7) is 2.04. The van der Waals surface area contributed by atoms with Crippen molar-refractivity contribution in [3.63, 3.8) is 0 Å². The van der Waals surface area contributed by atoms with Gasteiger partial charge < -0.3 is 15.0 Å². The standard InChI is InChI=1S/C23H21N3O3S/c1-15-6-2-4-8-19(15)26-21(27)11-22-25-17(14-30-22)13-29-23(28)10-16-12-24-20-9-5-3-7-18(16)20/h2-9,12,14,24H,10-11,13H2,1H3,(H,26,27). The number of nitrogens with one attached hydrogen (secondary N) is 2. The zero-order chi connectivity index (χ0) is 20.9. The third kappa shape index (κ3) is 4.75. The number of nitrogens with zero attached hydrogens (tertiary/aromatic N) is 1. The van der Waals surface area contributed by atoms with Gasteiger partial charge in [0.25, 0.3) is 0 Å². The van der Waals surface area contributed by atoms with Crippen LogP contribution in [0.25, 0.3) is 10.9 Å². The molecule has 2 heterocycles. The number of benzene rings is 2. The van der Waals surface area contributed by atoms with E-state index in [-0.39, 0.29) is 31.3 Å². The Balaban J connectivity index is 1.28. The first-order valence-corrected chi connectivity index (χ1v) is 10.5. The summed E-state index contributed by atoms with van der Waals surface area (Å²) in [4.78, 5) is 32.0. The molecule has 0 atom stereocenters. The van der Waals surface area contributed by atoms with Gasteiger partial charge in [-0.25, -0.2) is 4.98 Å². The van der Waals surface area contributed by atoms with Gasteiger partial charge in [0, 0.05) is 28.2 Å². The molecule has 30 heavy (non-hydrogen) atoms. The van der Waals surface area contributed by atoms with Crippen LogP contribution in [0.15, 0.2) is 60.1 Å². The Morgan fingerprint density at radius 1 is 1.10 bits per heavy atom. The van der Waals surface area contributed by atoms with Crippen LogP contribution in [0.3, 0.4) is 0 Å². The molecule has 0 saturated heterocycles. The maximum Gasteiger partial charge on any atom is 0.310 e. The molecule has 1 amide bonds. The van der Waals surface area contributed by atoms with Gasteiger partial charge in [0.15, 0.2) is 0 Å². The SMILES string of the molecule is Cc1ccccc1NC(=O)Cc1nc(COC(=O)Cc2c[nH]c3ccccc23)cs1. The zero-order valence-corrected chi connectivity index (χ0v) is 17.3. The molecule has 4 rings (SSSR count). The molecule has 0 unspecified atom stereocenters. The van der Waals surface area contributed by atoms with Gasteiger partial charge in [-0.3, -0.25) is 9.59 Å². The minimum atomic E-state index is -0.313. The lowest BCUT2D eigenvalue weighted by molar-refractivity contribution is -0.144. The van der Waals surface area contributed by atoms with E-state index < -0.39 is 0 Å². The Morgan fingerprint density at radius 3 is 2.77 bits per heavy atom. The van der Waals surface area contributed by atoms with Crippen molar-refractivity contribution in [2.45, 2.75) is 26.4 Å². The number of carbonyl (C=O) groups is 2. The first-order chi connectivity index (χ1) is 14.6. The van der Waals surface area contributed by atoms with E-state index >= 15 is 0 Å². The second-order valence-electron chi connectivity index (χ2n) is 6.97. The summed E-state index contributed by atoms with van der Waals surface area (Å²) in [5.41, 5.74) is 4.35. The highest BCUT2D eigenvalue weighted by molar-refractivity contribution is 7.09. The van der Waals surface area contributed by atoms with Gasteiger partial charge in [-0.15, -0.1) is 11.3 Å². The van der Waals surface area contributed by atoms with Crippen molar-refractivity contribution in [3.8, 4) is 0 Å². The van der Waals surface area contributed by atoms with Gasteiger partial charge in [-0.05, 0) is 30.2 Å². The minimum Gasteiger partial charge on any atom is -0.459 e. The van der Waals surface area contributed by atoms with Crippen LogP contribution in [0.4, 0.5) is 5.69 Å². The highest BCUT2D eigenvalue weighted by Gasteiger charge is 2.13. The van der Waals surface area contributed by atoms with E-state index in [1.807, 2.05) is 67.0 Å².